The predicted octanol–water partition coefficient (Wildman–Crippen LogP) is 3.69. The summed E-state index contributed by atoms with van der Waals surface area (Å²) < 4.78 is 29.5. The number of carbonyl (C=O) groups excluding carboxylic acids is 1. The summed E-state index contributed by atoms with van der Waals surface area (Å²) in [5.74, 6) is 0.609. The average molecular weight is 448 g/mol. The van der Waals surface area contributed by atoms with Crippen LogP contribution >= 0.6 is 0 Å². The van der Waals surface area contributed by atoms with Crippen LogP contribution in [0.1, 0.15) is 21.7 Å². The van der Waals surface area contributed by atoms with Crippen LogP contribution in [0, 0.1) is 6.92 Å². The lowest BCUT2D eigenvalue weighted by Gasteiger charge is -2.10. The number of hydrogen-bond acceptors (Lipinski definition) is 5. The van der Waals surface area contributed by atoms with E-state index in [0.29, 0.717) is 23.5 Å². The van der Waals surface area contributed by atoms with Crippen LogP contribution in [0.25, 0.3) is 0 Å². The van der Waals surface area contributed by atoms with E-state index in [1.165, 1.54) is 36.7 Å². The van der Waals surface area contributed by atoms with Crippen molar-refractivity contribution < 1.29 is 13.2 Å². The van der Waals surface area contributed by atoms with Crippen LogP contribution in [0.5, 0.6) is 0 Å². The molecule has 0 bridgehead atoms. The van der Waals surface area contributed by atoms with Gasteiger partial charge in [0, 0.05) is 42.6 Å². The smallest absolute Gasteiger partial charge is 0.261 e. The van der Waals surface area contributed by atoms with Crippen molar-refractivity contribution in [3.05, 3.63) is 102 Å². The van der Waals surface area contributed by atoms with Gasteiger partial charge >= 0.3 is 0 Å². The second kappa shape index (κ2) is 9.03. The first-order chi connectivity index (χ1) is 15.4. The van der Waals surface area contributed by atoms with E-state index in [2.05, 4.69) is 20.0 Å². The molecule has 0 aliphatic carbocycles. The molecule has 9 heteroatoms. The van der Waals surface area contributed by atoms with Gasteiger partial charge in [-0.15, -0.1) is 0 Å². The Hall–Kier alpha value is -3.98. The van der Waals surface area contributed by atoms with Gasteiger partial charge in [0.05, 0.1) is 10.6 Å². The summed E-state index contributed by atoms with van der Waals surface area (Å²) in [5.41, 5.74) is 2.50. The highest BCUT2D eigenvalue weighted by atomic mass is 32.2. The number of sulfonamides is 1. The molecule has 0 aliphatic heterocycles. The molecule has 0 saturated heterocycles. The van der Waals surface area contributed by atoms with Gasteiger partial charge in [0.2, 0.25) is 0 Å². The summed E-state index contributed by atoms with van der Waals surface area (Å²) in [4.78, 5) is 20.7. The van der Waals surface area contributed by atoms with E-state index in [1.54, 1.807) is 18.3 Å². The highest BCUT2D eigenvalue weighted by Gasteiger charge is 2.15. The summed E-state index contributed by atoms with van der Waals surface area (Å²) in [6.45, 7) is 2.64. The van der Waals surface area contributed by atoms with E-state index in [9.17, 15) is 13.2 Å². The van der Waals surface area contributed by atoms with Crippen LogP contribution in [-0.2, 0) is 16.6 Å². The maximum absolute atomic E-state index is 12.6. The topological polar surface area (TPSA) is 106 Å². The Balaban J connectivity index is 1.40. The molecule has 1 amide bonds. The van der Waals surface area contributed by atoms with Crippen molar-refractivity contribution in [2.75, 3.05) is 10.0 Å². The lowest BCUT2D eigenvalue weighted by molar-refractivity contribution is 0.102. The van der Waals surface area contributed by atoms with Crippen LogP contribution in [0.15, 0.2) is 90.3 Å². The average Bonchev–Trinajstić information content (AvgIpc) is 3.20. The number of carbonyl (C=O) groups is 1. The molecule has 0 fully saturated rings. The van der Waals surface area contributed by atoms with E-state index in [-0.39, 0.29) is 10.8 Å². The summed E-state index contributed by atoms with van der Waals surface area (Å²) in [6.07, 6.45) is 6.67. The minimum atomic E-state index is -3.76. The normalized spacial score (nSPS) is 11.2. The molecule has 162 valence electrons. The number of amides is 1. The van der Waals surface area contributed by atoms with Crippen molar-refractivity contribution in [2.45, 2.75) is 18.4 Å². The number of rotatable bonds is 7. The number of benzene rings is 2. The van der Waals surface area contributed by atoms with Gasteiger partial charge in [0.25, 0.3) is 15.9 Å². The fraction of sp³-hybridized carbons (Fsp3) is 0.0870. The number of hydrogen-bond donors (Lipinski definition) is 2. The van der Waals surface area contributed by atoms with Crippen molar-refractivity contribution >= 4 is 27.3 Å². The van der Waals surface area contributed by atoms with Gasteiger partial charge in [-0.2, -0.15) is 0 Å². The van der Waals surface area contributed by atoms with Crippen molar-refractivity contribution in [1.29, 1.82) is 0 Å². The largest absolute Gasteiger partial charge is 0.331 e. The number of anilines is 2. The Labute approximate surface area is 186 Å². The Kier molecular flexibility index (Phi) is 6.00. The summed E-state index contributed by atoms with van der Waals surface area (Å²) in [6, 6.07) is 16.4. The van der Waals surface area contributed by atoms with Gasteiger partial charge in [-0.25, -0.2) is 13.4 Å². The van der Waals surface area contributed by atoms with E-state index in [1.807, 2.05) is 42.0 Å². The van der Waals surface area contributed by atoms with Crippen molar-refractivity contribution in [3.8, 4) is 0 Å². The molecule has 0 atom stereocenters. The number of aromatic nitrogens is 3. The van der Waals surface area contributed by atoms with Gasteiger partial charge in [-0.1, -0.05) is 12.1 Å². The van der Waals surface area contributed by atoms with Crippen molar-refractivity contribution in [2.24, 2.45) is 0 Å². The predicted molar refractivity (Wildman–Crippen MR) is 122 cm³/mol. The third-order valence-corrected chi connectivity index (χ3v) is 6.24. The van der Waals surface area contributed by atoms with Crippen molar-refractivity contribution in [1.82, 2.24) is 14.5 Å². The molecule has 0 aliphatic rings. The Morgan fingerprint density at radius 2 is 1.59 bits per heavy atom. The molecule has 0 spiro atoms. The molecule has 2 heterocycles. The molecule has 2 aromatic heterocycles. The molecule has 8 nitrogen and oxygen atoms in total. The monoisotopic (exact) mass is 447 g/mol. The lowest BCUT2D eigenvalue weighted by atomic mass is 10.2. The Morgan fingerprint density at radius 3 is 2.22 bits per heavy atom. The highest BCUT2D eigenvalue weighted by Crippen LogP contribution is 2.17. The van der Waals surface area contributed by atoms with Crippen LogP contribution in [-0.4, -0.2) is 28.9 Å². The van der Waals surface area contributed by atoms with Gasteiger partial charge in [-0.3, -0.25) is 14.5 Å². The highest BCUT2D eigenvalue weighted by molar-refractivity contribution is 7.92. The van der Waals surface area contributed by atoms with Crippen LogP contribution in [0.2, 0.25) is 0 Å². The molecule has 4 rings (SSSR count). The third-order valence-electron chi connectivity index (χ3n) is 4.85. The molecular weight excluding hydrogens is 426 g/mol. The fourth-order valence-corrected chi connectivity index (χ4v) is 4.14. The number of imidazole rings is 1. The van der Waals surface area contributed by atoms with Gasteiger partial charge in [-0.05, 0) is 61.0 Å². The third kappa shape index (κ3) is 5.01. The molecular formula is C23H21N5O3S. The molecule has 0 saturated carbocycles. The van der Waals surface area contributed by atoms with Gasteiger partial charge in [0.1, 0.15) is 5.82 Å². The lowest BCUT2D eigenvalue weighted by Crippen LogP contribution is -2.15. The zero-order valence-electron chi connectivity index (χ0n) is 17.3. The minimum Gasteiger partial charge on any atom is -0.331 e. The van der Waals surface area contributed by atoms with Crippen molar-refractivity contribution in [3.63, 3.8) is 0 Å². The molecule has 4 aromatic rings. The fourth-order valence-electron chi connectivity index (χ4n) is 3.08. The SMILES string of the molecule is Cc1nccn1Cc1ccc(NC(=O)c2ccc(S(=O)(=O)Nc3ccncc3)cc2)cc1. The van der Waals surface area contributed by atoms with Gasteiger partial charge < -0.3 is 9.88 Å². The molecule has 2 aromatic carbocycles. The molecule has 0 radical (unpaired) electrons. The van der Waals surface area contributed by atoms with Gasteiger partial charge in [0.15, 0.2) is 0 Å². The maximum Gasteiger partial charge on any atom is 0.261 e. The minimum absolute atomic E-state index is 0.0602. The first-order valence-electron chi connectivity index (χ1n) is 9.82. The molecule has 0 unspecified atom stereocenters. The summed E-state index contributed by atoms with van der Waals surface area (Å²) >= 11 is 0. The maximum atomic E-state index is 12.6. The standard InChI is InChI=1S/C23H21N5O3S/c1-17-25-14-15-28(17)16-18-2-6-20(7-3-18)26-23(29)19-4-8-22(9-5-19)32(30,31)27-21-10-12-24-13-11-21/h2-15H,16H2,1H3,(H,24,27)(H,26,29). The molecule has 2 N–H and O–H groups in total. The number of nitrogens with one attached hydrogen (secondary N) is 2. The zero-order valence-corrected chi connectivity index (χ0v) is 18.1. The Bertz CT molecular complexity index is 1320. The molecule has 32 heavy (non-hydrogen) atoms. The summed E-state index contributed by atoms with van der Waals surface area (Å²) in [7, 11) is -3.76. The van der Waals surface area contributed by atoms with E-state index in [0.717, 1.165) is 11.4 Å². The van der Waals surface area contributed by atoms with E-state index >= 15 is 0 Å². The van der Waals surface area contributed by atoms with Crippen LogP contribution in [0.4, 0.5) is 11.4 Å². The van der Waals surface area contributed by atoms with Crippen LogP contribution in [0.3, 0.4) is 0 Å². The first kappa shape index (κ1) is 21.3. The quantitative estimate of drug-likeness (QED) is 0.449. The second-order valence-corrected chi connectivity index (χ2v) is 8.80. The summed E-state index contributed by atoms with van der Waals surface area (Å²) in [5, 5.41) is 2.82. The van der Waals surface area contributed by atoms with E-state index < -0.39 is 10.0 Å². The number of aryl methyl sites for hydroxylation is 1. The first-order valence-corrected chi connectivity index (χ1v) is 11.3. The van der Waals surface area contributed by atoms with E-state index in [4.69, 9.17) is 0 Å². The number of nitrogens with zero attached hydrogens (tertiary/aromatic N) is 3. The Morgan fingerprint density at radius 1 is 0.906 bits per heavy atom. The number of pyridine rings is 1. The zero-order chi connectivity index (χ0) is 22.6. The van der Waals surface area contributed by atoms with Crippen LogP contribution < -0.4 is 10.0 Å². The second-order valence-electron chi connectivity index (χ2n) is 7.12.